The van der Waals surface area contributed by atoms with Gasteiger partial charge in [0.1, 0.15) is 11.6 Å². The average Bonchev–Trinajstić information content (AvgIpc) is 2.12. The summed E-state index contributed by atoms with van der Waals surface area (Å²) in [4.78, 5) is 23.7. The molecular formula is C16H30O2. The molecule has 1 unspecified atom stereocenters. The van der Waals surface area contributed by atoms with Crippen molar-refractivity contribution in [3.63, 3.8) is 0 Å². The normalized spacial score (nSPS) is 14.4. The number of hydrogen-bond donors (Lipinski definition) is 0. The Hall–Kier alpha value is -0.660. The topological polar surface area (TPSA) is 34.1 Å². The second kappa shape index (κ2) is 6.49. The summed E-state index contributed by atoms with van der Waals surface area (Å²) in [7, 11) is 0. The highest BCUT2D eigenvalue weighted by atomic mass is 16.1. The van der Waals surface area contributed by atoms with Crippen LogP contribution in [0.15, 0.2) is 0 Å². The lowest BCUT2D eigenvalue weighted by Crippen LogP contribution is -2.35. The van der Waals surface area contributed by atoms with Crippen molar-refractivity contribution in [3.8, 4) is 0 Å². The Balaban J connectivity index is 4.73. The minimum Gasteiger partial charge on any atom is -0.300 e. The summed E-state index contributed by atoms with van der Waals surface area (Å²) < 4.78 is 0. The van der Waals surface area contributed by atoms with Gasteiger partial charge in [-0.15, -0.1) is 0 Å². The van der Waals surface area contributed by atoms with Crippen LogP contribution in [-0.4, -0.2) is 11.6 Å². The third-order valence-corrected chi connectivity index (χ3v) is 3.48. The Bertz CT molecular complexity index is 300. The number of rotatable bonds is 8. The van der Waals surface area contributed by atoms with Gasteiger partial charge in [-0.1, -0.05) is 48.0 Å². The molecule has 0 spiro atoms. The Morgan fingerprint density at radius 3 is 2.00 bits per heavy atom. The predicted molar refractivity (Wildman–Crippen MR) is 76.6 cm³/mol. The van der Waals surface area contributed by atoms with E-state index in [9.17, 15) is 9.59 Å². The first kappa shape index (κ1) is 17.3. The van der Waals surface area contributed by atoms with Crippen LogP contribution in [0.2, 0.25) is 0 Å². The van der Waals surface area contributed by atoms with Gasteiger partial charge in [0.25, 0.3) is 0 Å². The largest absolute Gasteiger partial charge is 0.300 e. The second-order valence-electron chi connectivity index (χ2n) is 7.16. The number of hydrogen-bond acceptors (Lipinski definition) is 2. The Kier molecular flexibility index (Phi) is 6.25. The molecule has 18 heavy (non-hydrogen) atoms. The summed E-state index contributed by atoms with van der Waals surface area (Å²) in [6.07, 6.45) is 3.31. The summed E-state index contributed by atoms with van der Waals surface area (Å²) >= 11 is 0. The summed E-state index contributed by atoms with van der Waals surface area (Å²) in [6, 6.07) is 0. The van der Waals surface area contributed by atoms with Gasteiger partial charge in [-0.2, -0.15) is 0 Å². The molecule has 2 nitrogen and oxygen atoms in total. The monoisotopic (exact) mass is 254 g/mol. The van der Waals surface area contributed by atoms with Crippen LogP contribution in [0.4, 0.5) is 0 Å². The lowest BCUT2D eigenvalue weighted by molar-refractivity contribution is -0.133. The molecule has 0 aromatic heterocycles. The maximum absolute atomic E-state index is 12.4. The number of carbonyl (C=O) groups is 2. The number of Topliss-reactive ketones (excluding diaryl/α,β-unsaturated/α-hetero) is 2. The van der Waals surface area contributed by atoms with E-state index < -0.39 is 0 Å². The first-order chi connectivity index (χ1) is 8.02. The zero-order valence-corrected chi connectivity index (χ0v) is 13.2. The minimum absolute atomic E-state index is 0.100. The van der Waals surface area contributed by atoms with E-state index in [-0.39, 0.29) is 22.5 Å². The van der Waals surface area contributed by atoms with Gasteiger partial charge in [-0.05, 0) is 25.2 Å². The van der Waals surface area contributed by atoms with Crippen LogP contribution >= 0.6 is 0 Å². The highest BCUT2D eigenvalue weighted by Gasteiger charge is 2.36. The Morgan fingerprint density at radius 1 is 1.11 bits per heavy atom. The molecule has 0 rings (SSSR count). The second-order valence-corrected chi connectivity index (χ2v) is 7.16. The van der Waals surface area contributed by atoms with E-state index in [2.05, 4.69) is 20.8 Å². The molecule has 2 heteroatoms. The van der Waals surface area contributed by atoms with Gasteiger partial charge in [-0.25, -0.2) is 0 Å². The fourth-order valence-electron chi connectivity index (χ4n) is 3.25. The fourth-order valence-corrected chi connectivity index (χ4v) is 3.25. The van der Waals surface area contributed by atoms with Crippen molar-refractivity contribution in [2.45, 2.75) is 74.1 Å². The van der Waals surface area contributed by atoms with E-state index >= 15 is 0 Å². The van der Waals surface area contributed by atoms with Gasteiger partial charge in [0.15, 0.2) is 0 Å². The number of carbonyl (C=O) groups excluding carboxylic acids is 2. The Labute approximate surface area is 113 Å². The van der Waals surface area contributed by atoms with Gasteiger partial charge < -0.3 is 4.79 Å². The third kappa shape index (κ3) is 5.79. The van der Waals surface area contributed by atoms with Crippen molar-refractivity contribution < 1.29 is 9.59 Å². The maximum atomic E-state index is 12.4. The Morgan fingerprint density at radius 2 is 1.61 bits per heavy atom. The first-order valence-corrected chi connectivity index (χ1v) is 7.05. The molecule has 0 aliphatic heterocycles. The summed E-state index contributed by atoms with van der Waals surface area (Å²) in [5, 5.41) is 0. The lowest BCUT2D eigenvalue weighted by atomic mass is 9.68. The van der Waals surface area contributed by atoms with Crippen molar-refractivity contribution in [1.82, 2.24) is 0 Å². The molecule has 0 saturated carbocycles. The van der Waals surface area contributed by atoms with Crippen LogP contribution in [0.25, 0.3) is 0 Å². The van der Waals surface area contributed by atoms with E-state index in [1.54, 1.807) is 6.92 Å². The molecule has 0 N–H and O–H groups in total. The zero-order valence-electron chi connectivity index (χ0n) is 13.2. The van der Waals surface area contributed by atoms with Gasteiger partial charge in [0.2, 0.25) is 0 Å². The van der Waals surface area contributed by atoms with Crippen LogP contribution in [0.3, 0.4) is 0 Å². The van der Waals surface area contributed by atoms with Gasteiger partial charge in [0.05, 0.1) is 0 Å². The van der Waals surface area contributed by atoms with Crippen LogP contribution < -0.4 is 0 Å². The van der Waals surface area contributed by atoms with Gasteiger partial charge in [-0.3, -0.25) is 4.79 Å². The summed E-state index contributed by atoms with van der Waals surface area (Å²) in [5.41, 5.74) is -0.440. The summed E-state index contributed by atoms with van der Waals surface area (Å²) in [6.45, 7) is 13.9. The molecule has 1 atom stereocenters. The van der Waals surface area contributed by atoms with E-state index in [4.69, 9.17) is 0 Å². The SMILES string of the molecule is CCCC(C)C(=O)C(C)(C)CC(C)(C)CC(C)=O. The van der Waals surface area contributed by atoms with Crippen LogP contribution in [0.1, 0.15) is 74.1 Å². The van der Waals surface area contributed by atoms with Crippen molar-refractivity contribution in [3.05, 3.63) is 0 Å². The molecule has 0 radical (unpaired) electrons. The van der Waals surface area contributed by atoms with Crippen molar-refractivity contribution in [1.29, 1.82) is 0 Å². The molecule has 0 amide bonds. The van der Waals surface area contributed by atoms with Crippen LogP contribution in [0, 0.1) is 16.7 Å². The molecule has 0 aliphatic rings. The molecule has 0 heterocycles. The number of ketones is 2. The summed E-state index contributed by atoms with van der Waals surface area (Å²) in [5.74, 6) is 0.656. The van der Waals surface area contributed by atoms with Crippen molar-refractivity contribution in [2.24, 2.45) is 16.7 Å². The van der Waals surface area contributed by atoms with E-state index in [0.717, 1.165) is 19.3 Å². The van der Waals surface area contributed by atoms with Gasteiger partial charge in [0, 0.05) is 17.8 Å². The van der Waals surface area contributed by atoms with Crippen molar-refractivity contribution in [2.75, 3.05) is 0 Å². The van der Waals surface area contributed by atoms with Crippen LogP contribution in [-0.2, 0) is 9.59 Å². The molecule has 0 fully saturated rings. The minimum atomic E-state index is -0.340. The average molecular weight is 254 g/mol. The van der Waals surface area contributed by atoms with E-state index in [1.165, 1.54) is 0 Å². The highest BCUT2D eigenvalue weighted by molar-refractivity contribution is 5.86. The third-order valence-electron chi connectivity index (χ3n) is 3.48. The maximum Gasteiger partial charge on any atom is 0.141 e. The molecule has 0 bridgehead atoms. The lowest BCUT2D eigenvalue weighted by Gasteiger charge is -2.35. The highest BCUT2D eigenvalue weighted by Crippen LogP contribution is 2.38. The fraction of sp³-hybridized carbons (Fsp3) is 0.875. The standard InChI is InChI=1S/C16H30O2/c1-8-9-12(2)14(18)16(6,7)11-15(4,5)10-13(3)17/h12H,8-11H2,1-7H3. The molecule has 0 aromatic carbocycles. The zero-order chi connectivity index (χ0) is 14.6. The molecule has 0 saturated heterocycles. The smallest absolute Gasteiger partial charge is 0.141 e. The van der Waals surface area contributed by atoms with Crippen LogP contribution in [0.5, 0.6) is 0 Å². The molecule has 0 aromatic rings. The molecule has 0 aliphatic carbocycles. The van der Waals surface area contributed by atoms with E-state index in [1.807, 2.05) is 20.8 Å². The quantitative estimate of drug-likeness (QED) is 0.643. The molecular weight excluding hydrogens is 224 g/mol. The first-order valence-electron chi connectivity index (χ1n) is 7.05. The van der Waals surface area contributed by atoms with Gasteiger partial charge >= 0.3 is 0 Å². The van der Waals surface area contributed by atoms with E-state index in [0.29, 0.717) is 12.2 Å². The predicted octanol–water partition coefficient (Wildman–Crippen LogP) is 4.41. The molecule has 106 valence electrons. The van der Waals surface area contributed by atoms with Crippen molar-refractivity contribution >= 4 is 11.6 Å².